The first-order valence-electron chi connectivity index (χ1n) is 6.74. The zero-order valence-corrected chi connectivity index (χ0v) is 11.4. The molecule has 4 atom stereocenters. The summed E-state index contributed by atoms with van der Waals surface area (Å²) < 4.78 is 5.45. The Kier molecular flexibility index (Phi) is 3.42. The highest BCUT2D eigenvalue weighted by molar-refractivity contribution is 5.97. The zero-order chi connectivity index (χ0) is 15.9. The van der Waals surface area contributed by atoms with Crippen LogP contribution in [0.15, 0.2) is 36.4 Å². The van der Waals surface area contributed by atoms with Crippen molar-refractivity contribution >= 4 is 23.5 Å². The minimum Gasteiger partial charge on any atom is -0.481 e. The molecule has 7 heteroatoms. The van der Waals surface area contributed by atoms with Crippen LogP contribution in [0.25, 0.3) is 0 Å². The second-order valence-corrected chi connectivity index (χ2v) is 5.27. The number of hydrogen-bond acceptors (Lipinski definition) is 4. The Bertz CT molecular complexity index is 667. The Morgan fingerprint density at radius 2 is 1.64 bits per heavy atom. The van der Waals surface area contributed by atoms with Gasteiger partial charge >= 0.3 is 5.97 Å². The maximum Gasteiger partial charge on any atom is 0.310 e. The molecule has 0 radical (unpaired) electrons. The van der Waals surface area contributed by atoms with Gasteiger partial charge in [-0.25, -0.2) is 0 Å². The van der Waals surface area contributed by atoms with E-state index in [0.29, 0.717) is 11.3 Å². The van der Waals surface area contributed by atoms with Crippen LogP contribution in [0.4, 0.5) is 5.69 Å². The average Bonchev–Trinajstić information content (AvgIpc) is 3.08. The SMILES string of the molecule is NC(=O)c1ccc(NC(=O)[C@H]2[C@H](C(=O)O)[C@H]3C=C[C@H]2O3)cc1. The van der Waals surface area contributed by atoms with Gasteiger partial charge in [0.2, 0.25) is 11.8 Å². The van der Waals surface area contributed by atoms with E-state index in [-0.39, 0.29) is 0 Å². The number of ether oxygens (including phenoxy) is 1. The van der Waals surface area contributed by atoms with Crippen molar-refractivity contribution in [3.05, 3.63) is 42.0 Å². The van der Waals surface area contributed by atoms with Gasteiger partial charge < -0.3 is 20.9 Å². The Hall–Kier alpha value is -2.67. The second kappa shape index (κ2) is 5.27. The number of carboxylic acids is 1. The highest BCUT2D eigenvalue weighted by Gasteiger charge is 2.53. The van der Waals surface area contributed by atoms with Crippen molar-refractivity contribution in [1.29, 1.82) is 0 Å². The molecule has 2 heterocycles. The summed E-state index contributed by atoms with van der Waals surface area (Å²) in [5, 5.41) is 11.9. The number of hydrogen-bond donors (Lipinski definition) is 3. The van der Waals surface area contributed by atoms with E-state index >= 15 is 0 Å². The van der Waals surface area contributed by atoms with Crippen LogP contribution in [0.1, 0.15) is 10.4 Å². The van der Waals surface area contributed by atoms with E-state index in [4.69, 9.17) is 10.5 Å². The topological polar surface area (TPSA) is 119 Å². The normalized spacial score (nSPS) is 28.5. The largest absolute Gasteiger partial charge is 0.481 e. The average molecular weight is 302 g/mol. The molecule has 114 valence electrons. The van der Waals surface area contributed by atoms with E-state index in [1.54, 1.807) is 12.2 Å². The Morgan fingerprint density at radius 3 is 2.18 bits per heavy atom. The predicted octanol–water partition coefficient (Wildman–Crippen LogP) is 0.378. The third kappa shape index (κ3) is 2.35. The molecule has 2 bridgehead atoms. The lowest BCUT2D eigenvalue weighted by Crippen LogP contribution is -2.39. The van der Waals surface area contributed by atoms with Crippen molar-refractivity contribution in [3.63, 3.8) is 0 Å². The molecule has 2 aliphatic rings. The number of anilines is 1. The van der Waals surface area contributed by atoms with E-state index in [1.807, 2.05) is 0 Å². The van der Waals surface area contributed by atoms with Crippen LogP contribution in [0.2, 0.25) is 0 Å². The molecule has 1 fully saturated rings. The van der Waals surface area contributed by atoms with Gasteiger partial charge in [-0.2, -0.15) is 0 Å². The van der Waals surface area contributed by atoms with Gasteiger partial charge in [-0.15, -0.1) is 0 Å². The van der Waals surface area contributed by atoms with Crippen LogP contribution in [0.5, 0.6) is 0 Å². The molecule has 1 aromatic rings. The van der Waals surface area contributed by atoms with Crippen molar-refractivity contribution in [2.75, 3.05) is 5.32 Å². The van der Waals surface area contributed by atoms with Crippen LogP contribution < -0.4 is 11.1 Å². The molecule has 3 rings (SSSR count). The van der Waals surface area contributed by atoms with E-state index in [9.17, 15) is 19.5 Å². The van der Waals surface area contributed by atoms with Crippen molar-refractivity contribution in [2.45, 2.75) is 12.2 Å². The minimum atomic E-state index is -1.05. The zero-order valence-electron chi connectivity index (χ0n) is 11.4. The molecule has 1 aromatic carbocycles. The van der Waals surface area contributed by atoms with E-state index in [0.717, 1.165) is 0 Å². The summed E-state index contributed by atoms with van der Waals surface area (Å²) in [7, 11) is 0. The molecule has 4 N–H and O–H groups in total. The third-order valence-electron chi connectivity index (χ3n) is 3.92. The monoisotopic (exact) mass is 302 g/mol. The number of carbonyl (C=O) groups excluding carboxylic acids is 2. The number of primary amides is 1. The number of rotatable bonds is 4. The highest BCUT2D eigenvalue weighted by Crippen LogP contribution is 2.39. The lowest BCUT2D eigenvalue weighted by atomic mass is 9.82. The van der Waals surface area contributed by atoms with E-state index < -0.39 is 41.8 Å². The van der Waals surface area contributed by atoms with Gasteiger partial charge in [0, 0.05) is 11.3 Å². The van der Waals surface area contributed by atoms with E-state index in [1.165, 1.54) is 24.3 Å². The van der Waals surface area contributed by atoms with Gasteiger partial charge in [-0.05, 0) is 24.3 Å². The summed E-state index contributed by atoms with van der Waals surface area (Å²) in [5.74, 6) is -3.70. The van der Waals surface area contributed by atoms with Crippen molar-refractivity contribution in [2.24, 2.45) is 17.6 Å². The smallest absolute Gasteiger partial charge is 0.310 e. The molecule has 7 nitrogen and oxygen atoms in total. The number of amides is 2. The Morgan fingerprint density at radius 1 is 1.05 bits per heavy atom. The molecular formula is C15H14N2O5. The lowest BCUT2D eigenvalue weighted by Gasteiger charge is -2.21. The fraction of sp³-hybridized carbons (Fsp3) is 0.267. The van der Waals surface area contributed by atoms with Crippen LogP contribution >= 0.6 is 0 Å². The minimum absolute atomic E-state index is 0.326. The Labute approximate surface area is 125 Å². The number of carbonyl (C=O) groups is 3. The molecule has 2 amide bonds. The molecule has 0 aromatic heterocycles. The fourth-order valence-corrected chi connectivity index (χ4v) is 2.86. The summed E-state index contributed by atoms with van der Waals surface area (Å²) >= 11 is 0. The van der Waals surface area contributed by atoms with Crippen molar-refractivity contribution in [1.82, 2.24) is 0 Å². The summed E-state index contributed by atoms with van der Waals surface area (Å²) in [5.41, 5.74) is 5.93. The van der Waals surface area contributed by atoms with Gasteiger partial charge in [0.15, 0.2) is 0 Å². The maximum absolute atomic E-state index is 12.4. The van der Waals surface area contributed by atoms with Gasteiger partial charge in [-0.1, -0.05) is 12.2 Å². The maximum atomic E-state index is 12.4. The summed E-state index contributed by atoms with van der Waals surface area (Å²) in [6.07, 6.45) is 2.31. The highest BCUT2D eigenvalue weighted by atomic mass is 16.5. The van der Waals surface area contributed by atoms with Gasteiger partial charge in [-0.3, -0.25) is 14.4 Å². The van der Waals surface area contributed by atoms with Gasteiger partial charge in [0.1, 0.15) is 5.92 Å². The quantitative estimate of drug-likeness (QED) is 0.695. The predicted molar refractivity (Wildman–Crippen MR) is 76.0 cm³/mol. The van der Waals surface area contributed by atoms with Crippen LogP contribution in [0.3, 0.4) is 0 Å². The fourth-order valence-electron chi connectivity index (χ4n) is 2.86. The molecule has 0 aliphatic carbocycles. The summed E-state index contributed by atoms with van der Waals surface area (Å²) in [6, 6.07) is 6.06. The van der Waals surface area contributed by atoms with Gasteiger partial charge in [0.05, 0.1) is 18.1 Å². The number of fused-ring (bicyclic) bond motifs is 2. The molecule has 0 saturated carbocycles. The van der Waals surface area contributed by atoms with Gasteiger partial charge in [0.25, 0.3) is 0 Å². The second-order valence-electron chi connectivity index (χ2n) is 5.27. The standard InChI is InChI=1S/C15H14N2O5/c16-13(18)7-1-3-8(4-2-7)17-14(19)11-9-5-6-10(22-9)12(11)15(20)21/h1-6,9-12H,(H2,16,18)(H,17,19)(H,20,21)/t9-,10-,11-,12-/m1/s1. The molecule has 2 aliphatic heterocycles. The first kappa shape index (κ1) is 14.3. The molecule has 22 heavy (non-hydrogen) atoms. The van der Waals surface area contributed by atoms with Crippen molar-refractivity contribution < 1.29 is 24.2 Å². The van der Waals surface area contributed by atoms with E-state index in [2.05, 4.69) is 5.32 Å². The molecular weight excluding hydrogens is 288 g/mol. The molecule has 1 saturated heterocycles. The first-order valence-corrected chi connectivity index (χ1v) is 6.74. The number of aliphatic carboxylic acids is 1. The Balaban J connectivity index is 1.75. The summed E-state index contributed by atoms with van der Waals surface area (Å²) in [6.45, 7) is 0. The van der Waals surface area contributed by atoms with Crippen LogP contribution in [0, 0.1) is 11.8 Å². The first-order chi connectivity index (χ1) is 10.5. The third-order valence-corrected chi connectivity index (χ3v) is 3.92. The van der Waals surface area contributed by atoms with Crippen molar-refractivity contribution in [3.8, 4) is 0 Å². The molecule has 0 unspecified atom stereocenters. The number of carboxylic acid groups (broad SMARTS) is 1. The number of nitrogens with two attached hydrogens (primary N) is 1. The lowest BCUT2D eigenvalue weighted by molar-refractivity contribution is -0.145. The molecule has 0 spiro atoms. The number of nitrogens with one attached hydrogen (secondary N) is 1. The van der Waals surface area contributed by atoms with Crippen LogP contribution in [-0.2, 0) is 14.3 Å². The number of benzene rings is 1. The van der Waals surface area contributed by atoms with Crippen LogP contribution in [-0.4, -0.2) is 35.1 Å². The summed E-state index contributed by atoms with van der Waals surface area (Å²) in [4.78, 5) is 34.7.